The van der Waals surface area contributed by atoms with Gasteiger partial charge in [0.15, 0.2) is 0 Å². The molecule has 2 aliphatic rings. The minimum absolute atomic E-state index is 0.205. The van der Waals surface area contributed by atoms with Crippen LogP contribution >= 0.6 is 15.9 Å². The Bertz CT molecular complexity index is 753. The zero-order chi connectivity index (χ0) is 16.5. The summed E-state index contributed by atoms with van der Waals surface area (Å²) in [7, 11) is 0. The molecule has 0 aliphatic carbocycles. The first kappa shape index (κ1) is 15.6. The molecule has 2 aliphatic heterocycles. The van der Waals surface area contributed by atoms with Crippen LogP contribution in [-0.2, 0) is 9.47 Å². The van der Waals surface area contributed by atoms with Gasteiger partial charge in [-0.1, -0.05) is 18.2 Å². The molecule has 5 nitrogen and oxygen atoms in total. The first-order valence-corrected chi connectivity index (χ1v) is 8.77. The summed E-state index contributed by atoms with van der Waals surface area (Å²) in [5.74, 6) is -0.318. The van der Waals surface area contributed by atoms with Crippen LogP contribution < -0.4 is 4.90 Å². The summed E-state index contributed by atoms with van der Waals surface area (Å²) >= 11 is 3.49. The minimum Gasteiger partial charge on any atom is -0.452 e. The van der Waals surface area contributed by atoms with Gasteiger partial charge in [0, 0.05) is 23.6 Å². The Hall–Kier alpha value is -1.92. The van der Waals surface area contributed by atoms with E-state index in [1.165, 1.54) is 0 Å². The molecule has 1 saturated heterocycles. The van der Waals surface area contributed by atoms with Crippen LogP contribution in [0.15, 0.2) is 47.1 Å². The van der Waals surface area contributed by atoms with Gasteiger partial charge >= 0.3 is 5.97 Å². The van der Waals surface area contributed by atoms with Crippen LogP contribution in [0, 0.1) is 0 Å². The van der Waals surface area contributed by atoms with E-state index in [0.29, 0.717) is 25.2 Å². The van der Waals surface area contributed by atoms with E-state index < -0.39 is 0 Å². The Labute approximate surface area is 148 Å². The average Bonchev–Trinajstić information content (AvgIpc) is 2.62. The van der Waals surface area contributed by atoms with Crippen molar-refractivity contribution >= 4 is 27.6 Å². The highest BCUT2D eigenvalue weighted by Gasteiger charge is 2.37. The van der Waals surface area contributed by atoms with E-state index in [4.69, 9.17) is 9.47 Å². The lowest BCUT2D eigenvalue weighted by molar-refractivity contribution is 0.0133. The van der Waals surface area contributed by atoms with Crippen LogP contribution in [0.25, 0.3) is 0 Å². The van der Waals surface area contributed by atoms with Gasteiger partial charge in [-0.2, -0.15) is 0 Å². The first-order chi connectivity index (χ1) is 11.7. The molecule has 0 bridgehead atoms. The molecule has 1 aromatic heterocycles. The number of ether oxygens (including phenoxy) is 2. The minimum atomic E-state index is -0.358. The molecule has 0 spiro atoms. The fourth-order valence-electron chi connectivity index (χ4n) is 3.32. The van der Waals surface area contributed by atoms with E-state index in [2.05, 4.69) is 25.8 Å². The van der Waals surface area contributed by atoms with Gasteiger partial charge in [-0.3, -0.25) is 4.98 Å². The van der Waals surface area contributed by atoms with Gasteiger partial charge < -0.3 is 14.4 Å². The maximum atomic E-state index is 12.4. The Morgan fingerprint density at radius 1 is 1.33 bits per heavy atom. The van der Waals surface area contributed by atoms with Crippen LogP contribution in [0.2, 0.25) is 0 Å². The quantitative estimate of drug-likeness (QED) is 0.738. The maximum Gasteiger partial charge on any atom is 0.338 e. The lowest BCUT2D eigenvalue weighted by Crippen LogP contribution is -2.49. The third-order valence-corrected chi connectivity index (χ3v) is 4.88. The van der Waals surface area contributed by atoms with Gasteiger partial charge in [0.2, 0.25) is 0 Å². The number of morpholine rings is 1. The first-order valence-electron chi connectivity index (χ1n) is 7.98. The smallest absolute Gasteiger partial charge is 0.338 e. The van der Waals surface area contributed by atoms with Crippen molar-refractivity contribution in [2.75, 3.05) is 24.7 Å². The number of halogens is 1. The van der Waals surface area contributed by atoms with Crippen molar-refractivity contribution in [1.82, 2.24) is 4.98 Å². The van der Waals surface area contributed by atoms with Gasteiger partial charge in [-0.25, -0.2) is 4.79 Å². The maximum absolute atomic E-state index is 12.4. The van der Waals surface area contributed by atoms with Crippen molar-refractivity contribution < 1.29 is 14.3 Å². The summed E-state index contributed by atoms with van der Waals surface area (Å²) in [6, 6.07) is 11.3. The normalized spacial score (nSPS) is 22.5. The van der Waals surface area contributed by atoms with Crippen molar-refractivity contribution in [2.24, 2.45) is 0 Å². The molecular formula is C18H17BrN2O3. The SMILES string of the molecule is O=C(O[C@@H]1C[C@H]2COCCN2c2cc(Br)cnc21)c1ccccc1. The molecule has 124 valence electrons. The number of carbonyl (C=O) groups is 1. The third-order valence-electron chi connectivity index (χ3n) is 4.45. The van der Waals surface area contributed by atoms with Crippen LogP contribution in [0.1, 0.15) is 28.6 Å². The standard InChI is InChI=1S/C18H17BrN2O3/c19-13-8-15-17(20-10-13)16(9-14-11-23-7-6-21(14)15)24-18(22)12-4-2-1-3-5-12/h1-5,8,10,14,16H,6-7,9,11H2/t14-,16+/m0/s1. The van der Waals surface area contributed by atoms with Crippen LogP contribution in [0.4, 0.5) is 5.69 Å². The summed E-state index contributed by atoms with van der Waals surface area (Å²) in [6.45, 7) is 2.18. The lowest BCUT2D eigenvalue weighted by atomic mass is 9.96. The molecule has 0 amide bonds. The van der Waals surface area contributed by atoms with Gasteiger partial charge in [-0.15, -0.1) is 0 Å². The van der Waals surface area contributed by atoms with Crippen LogP contribution in [0.3, 0.4) is 0 Å². The number of esters is 1. The fraction of sp³-hybridized carbons (Fsp3) is 0.333. The number of anilines is 1. The highest BCUT2D eigenvalue weighted by atomic mass is 79.9. The number of hydrogen-bond donors (Lipinski definition) is 0. The second kappa shape index (κ2) is 6.53. The van der Waals surface area contributed by atoms with Gasteiger partial charge in [-0.05, 0) is 34.1 Å². The summed E-state index contributed by atoms with van der Waals surface area (Å²) in [6.07, 6.45) is 2.09. The molecule has 6 heteroatoms. The number of rotatable bonds is 2. The Morgan fingerprint density at radius 2 is 2.17 bits per heavy atom. The molecule has 0 N–H and O–H groups in total. The molecular weight excluding hydrogens is 372 g/mol. The summed E-state index contributed by atoms with van der Waals surface area (Å²) in [5, 5.41) is 0. The number of hydrogen-bond acceptors (Lipinski definition) is 5. The number of carbonyl (C=O) groups excluding carboxylic acids is 1. The largest absolute Gasteiger partial charge is 0.452 e. The van der Waals surface area contributed by atoms with Crippen molar-refractivity contribution in [3.05, 3.63) is 58.3 Å². The Morgan fingerprint density at radius 3 is 3.00 bits per heavy atom. The summed E-state index contributed by atoms with van der Waals surface area (Å²) in [4.78, 5) is 19.3. The molecule has 4 rings (SSSR count). The molecule has 1 aromatic carbocycles. The number of pyridine rings is 1. The van der Waals surface area contributed by atoms with Gasteiger partial charge in [0.1, 0.15) is 11.8 Å². The monoisotopic (exact) mass is 388 g/mol. The molecule has 0 radical (unpaired) electrons. The Kier molecular flexibility index (Phi) is 4.24. The number of nitrogens with zero attached hydrogens (tertiary/aromatic N) is 2. The number of fused-ring (bicyclic) bond motifs is 3. The van der Waals surface area contributed by atoms with Crippen molar-refractivity contribution in [3.8, 4) is 0 Å². The highest BCUT2D eigenvalue weighted by Crippen LogP contribution is 2.40. The Balaban J connectivity index is 1.65. The third kappa shape index (κ3) is 2.91. The number of aromatic nitrogens is 1. The molecule has 2 aromatic rings. The van der Waals surface area contributed by atoms with Gasteiger partial charge in [0.25, 0.3) is 0 Å². The number of benzene rings is 1. The van der Waals surface area contributed by atoms with E-state index in [1.807, 2.05) is 24.3 Å². The second-order valence-electron chi connectivity index (χ2n) is 5.98. The average molecular weight is 389 g/mol. The van der Waals surface area contributed by atoms with E-state index in [9.17, 15) is 4.79 Å². The predicted molar refractivity (Wildman–Crippen MR) is 93.1 cm³/mol. The van der Waals surface area contributed by atoms with Crippen molar-refractivity contribution in [3.63, 3.8) is 0 Å². The zero-order valence-corrected chi connectivity index (χ0v) is 14.6. The molecule has 0 unspecified atom stereocenters. The van der Waals surface area contributed by atoms with Crippen molar-refractivity contribution in [1.29, 1.82) is 0 Å². The van der Waals surface area contributed by atoms with E-state index in [1.54, 1.807) is 18.3 Å². The summed E-state index contributed by atoms with van der Waals surface area (Å²) in [5.41, 5.74) is 2.40. The predicted octanol–water partition coefficient (Wildman–Crippen LogP) is 3.35. The topological polar surface area (TPSA) is 51.7 Å². The summed E-state index contributed by atoms with van der Waals surface area (Å²) < 4.78 is 12.3. The van der Waals surface area contributed by atoms with Crippen LogP contribution in [0.5, 0.6) is 0 Å². The molecule has 1 fully saturated rings. The fourth-order valence-corrected chi connectivity index (χ4v) is 3.64. The van der Waals surface area contributed by atoms with Crippen LogP contribution in [-0.4, -0.2) is 36.8 Å². The molecule has 24 heavy (non-hydrogen) atoms. The zero-order valence-electron chi connectivity index (χ0n) is 13.0. The molecule has 0 saturated carbocycles. The van der Waals surface area contributed by atoms with Gasteiger partial charge in [0.05, 0.1) is 30.5 Å². The van der Waals surface area contributed by atoms with Crippen molar-refractivity contribution in [2.45, 2.75) is 18.6 Å². The van der Waals surface area contributed by atoms with E-state index in [-0.39, 0.29) is 18.1 Å². The van der Waals surface area contributed by atoms with E-state index in [0.717, 1.165) is 22.4 Å². The molecule has 2 atom stereocenters. The highest BCUT2D eigenvalue weighted by molar-refractivity contribution is 9.10. The molecule has 3 heterocycles. The lowest BCUT2D eigenvalue weighted by Gasteiger charge is -2.43. The second-order valence-corrected chi connectivity index (χ2v) is 6.89. The van der Waals surface area contributed by atoms with E-state index >= 15 is 0 Å².